The van der Waals surface area contributed by atoms with Crippen molar-refractivity contribution in [3.8, 4) is 5.95 Å². The lowest BCUT2D eigenvalue weighted by atomic mass is 10.1. The molecule has 4 nitrogen and oxygen atoms in total. The van der Waals surface area contributed by atoms with Crippen molar-refractivity contribution in [3.63, 3.8) is 0 Å². The monoisotopic (exact) mass is 296 g/mol. The molecule has 1 aromatic rings. The topological polar surface area (TPSA) is 59.7 Å². The standard InChI is InChI=1S/C17H28O4/c1-2-3-4-5-6-7-8-9-10-11-14-20-16-13-12-15(21-16)17(18)19/h12-13H,2-11,14H2,1H3,(H,18,19). The third-order valence-electron chi connectivity index (χ3n) is 3.53. The van der Waals surface area contributed by atoms with E-state index in [1.807, 2.05) is 0 Å². The first kappa shape index (κ1) is 17.6. The Morgan fingerprint density at radius 1 is 1.00 bits per heavy atom. The predicted octanol–water partition coefficient (Wildman–Crippen LogP) is 5.28. The molecule has 0 bridgehead atoms. The molecule has 120 valence electrons. The summed E-state index contributed by atoms with van der Waals surface area (Å²) in [6, 6.07) is 2.97. The van der Waals surface area contributed by atoms with E-state index in [9.17, 15) is 4.79 Å². The van der Waals surface area contributed by atoms with Gasteiger partial charge in [-0.25, -0.2) is 4.79 Å². The maximum absolute atomic E-state index is 10.6. The van der Waals surface area contributed by atoms with E-state index in [0.29, 0.717) is 12.6 Å². The SMILES string of the molecule is CCCCCCCCCCCCOc1ccc(C(=O)O)o1. The van der Waals surface area contributed by atoms with E-state index in [1.54, 1.807) is 6.07 Å². The van der Waals surface area contributed by atoms with Crippen LogP contribution >= 0.6 is 0 Å². The molecule has 0 unspecified atom stereocenters. The van der Waals surface area contributed by atoms with Crippen molar-refractivity contribution in [1.82, 2.24) is 0 Å². The zero-order chi connectivity index (χ0) is 15.3. The Morgan fingerprint density at radius 2 is 1.57 bits per heavy atom. The predicted molar refractivity (Wildman–Crippen MR) is 83.0 cm³/mol. The minimum atomic E-state index is -1.07. The maximum Gasteiger partial charge on any atom is 0.371 e. The van der Waals surface area contributed by atoms with Crippen LogP contribution in [0.4, 0.5) is 0 Å². The van der Waals surface area contributed by atoms with Gasteiger partial charge in [-0.15, -0.1) is 0 Å². The summed E-state index contributed by atoms with van der Waals surface area (Å²) in [5.41, 5.74) is 0. The Kier molecular flexibility index (Phi) is 9.42. The van der Waals surface area contributed by atoms with Crippen LogP contribution in [0.5, 0.6) is 5.95 Å². The minimum absolute atomic E-state index is 0.0759. The third kappa shape index (κ3) is 8.43. The van der Waals surface area contributed by atoms with Gasteiger partial charge in [-0.05, 0) is 12.5 Å². The summed E-state index contributed by atoms with van der Waals surface area (Å²) in [5, 5.41) is 8.71. The second kappa shape index (κ2) is 11.2. The van der Waals surface area contributed by atoms with Crippen LogP contribution in [0.25, 0.3) is 0 Å². The highest BCUT2D eigenvalue weighted by Crippen LogP contribution is 2.16. The fourth-order valence-electron chi connectivity index (χ4n) is 2.27. The lowest BCUT2D eigenvalue weighted by molar-refractivity contribution is 0.0653. The molecule has 0 spiro atoms. The quantitative estimate of drug-likeness (QED) is 0.503. The first-order valence-corrected chi connectivity index (χ1v) is 8.20. The summed E-state index contributed by atoms with van der Waals surface area (Å²) in [6.45, 7) is 2.83. The van der Waals surface area contributed by atoms with Crippen LogP contribution in [0.1, 0.15) is 81.7 Å². The third-order valence-corrected chi connectivity index (χ3v) is 3.53. The molecule has 0 aromatic carbocycles. The molecule has 0 fully saturated rings. The normalized spacial score (nSPS) is 10.7. The summed E-state index contributed by atoms with van der Waals surface area (Å²) in [7, 11) is 0. The van der Waals surface area contributed by atoms with E-state index >= 15 is 0 Å². The molecule has 0 aliphatic carbocycles. The fourth-order valence-corrected chi connectivity index (χ4v) is 2.27. The summed E-state index contributed by atoms with van der Waals surface area (Å²) in [4.78, 5) is 10.6. The highest BCUT2D eigenvalue weighted by molar-refractivity contribution is 5.84. The Balaban J connectivity index is 1.89. The molecular weight excluding hydrogens is 268 g/mol. The van der Waals surface area contributed by atoms with Gasteiger partial charge in [0.25, 0.3) is 5.95 Å². The van der Waals surface area contributed by atoms with E-state index < -0.39 is 5.97 Å². The molecule has 0 saturated carbocycles. The Hall–Kier alpha value is -1.45. The van der Waals surface area contributed by atoms with Crippen molar-refractivity contribution in [2.45, 2.75) is 71.1 Å². The van der Waals surface area contributed by atoms with Crippen LogP contribution in [-0.2, 0) is 0 Å². The van der Waals surface area contributed by atoms with Crippen molar-refractivity contribution < 1.29 is 19.1 Å². The molecule has 0 amide bonds. The van der Waals surface area contributed by atoms with Gasteiger partial charge < -0.3 is 14.3 Å². The summed E-state index contributed by atoms with van der Waals surface area (Å²) < 4.78 is 10.4. The molecular formula is C17H28O4. The van der Waals surface area contributed by atoms with E-state index in [-0.39, 0.29) is 5.76 Å². The van der Waals surface area contributed by atoms with Crippen LogP contribution in [0.3, 0.4) is 0 Å². The van der Waals surface area contributed by atoms with Crippen LogP contribution in [0.15, 0.2) is 16.5 Å². The highest BCUT2D eigenvalue weighted by atomic mass is 16.6. The van der Waals surface area contributed by atoms with Gasteiger partial charge in [-0.1, -0.05) is 64.7 Å². The number of aromatic carboxylic acids is 1. The van der Waals surface area contributed by atoms with Crippen molar-refractivity contribution >= 4 is 5.97 Å². The molecule has 0 saturated heterocycles. The van der Waals surface area contributed by atoms with Crippen molar-refractivity contribution in [2.75, 3.05) is 6.61 Å². The number of ether oxygens (including phenoxy) is 1. The van der Waals surface area contributed by atoms with E-state index in [2.05, 4.69) is 6.92 Å². The molecule has 0 aliphatic rings. The lowest BCUT2D eigenvalue weighted by Gasteiger charge is -2.03. The van der Waals surface area contributed by atoms with Crippen molar-refractivity contribution in [2.24, 2.45) is 0 Å². The average Bonchev–Trinajstić information content (AvgIpc) is 2.94. The summed E-state index contributed by atoms with van der Waals surface area (Å²) in [6.07, 6.45) is 12.8. The molecule has 4 heteroatoms. The Morgan fingerprint density at radius 3 is 2.10 bits per heavy atom. The zero-order valence-corrected chi connectivity index (χ0v) is 13.1. The number of rotatable bonds is 13. The minimum Gasteiger partial charge on any atom is -0.475 e. The van der Waals surface area contributed by atoms with Gasteiger partial charge in [0.05, 0.1) is 6.61 Å². The zero-order valence-electron chi connectivity index (χ0n) is 13.1. The molecule has 21 heavy (non-hydrogen) atoms. The van der Waals surface area contributed by atoms with E-state index in [0.717, 1.165) is 12.8 Å². The lowest BCUT2D eigenvalue weighted by Crippen LogP contribution is -1.96. The van der Waals surface area contributed by atoms with Gasteiger partial charge in [0.15, 0.2) is 0 Å². The Bertz CT molecular complexity index is 384. The van der Waals surface area contributed by atoms with Gasteiger partial charge in [0.2, 0.25) is 5.76 Å². The largest absolute Gasteiger partial charge is 0.475 e. The molecule has 1 aromatic heterocycles. The molecule has 0 atom stereocenters. The number of unbranched alkanes of at least 4 members (excludes halogenated alkanes) is 9. The van der Waals surface area contributed by atoms with E-state index in [4.69, 9.17) is 14.3 Å². The smallest absolute Gasteiger partial charge is 0.371 e. The fraction of sp³-hybridized carbons (Fsp3) is 0.706. The number of hydrogen-bond donors (Lipinski definition) is 1. The van der Waals surface area contributed by atoms with Gasteiger partial charge in [0.1, 0.15) is 0 Å². The van der Waals surface area contributed by atoms with Crippen LogP contribution < -0.4 is 4.74 Å². The molecule has 0 radical (unpaired) electrons. The summed E-state index contributed by atoms with van der Waals surface area (Å²) in [5.74, 6) is -0.847. The molecule has 1 heterocycles. The maximum atomic E-state index is 10.6. The number of carboxylic acid groups (broad SMARTS) is 1. The van der Waals surface area contributed by atoms with E-state index in [1.165, 1.54) is 57.4 Å². The summed E-state index contributed by atoms with van der Waals surface area (Å²) >= 11 is 0. The molecule has 0 aliphatic heterocycles. The average molecular weight is 296 g/mol. The van der Waals surface area contributed by atoms with Gasteiger partial charge >= 0.3 is 5.97 Å². The number of hydrogen-bond acceptors (Lipinski definition) is 3. The van der Waals surface area contributed by atoms with Gasteiger partial charge in [-0.3, -0.25) is 0 Å². The molecule has 1 N–H and O–H groups in total. The van der Waals surface area contributed by atoms with Crippen LogP contribution in [0, 0.1) is 0 Å². The highest BCUT2D eigenvalue weighted by Gasteiger charge is 2.09. The number of furan rings is 1. The van der Waals surface area contributed by atoms with Gasteiger partial charge in [-0.2, -0.15) is 0 Å². The second-order valence-corrected chi connectivity index (χ2v) is 5.45. The number of carboxylic acids is 1. The van der Waals surface area contributed by atoms with Crippen LogP contribution in [-0.4, -0.2) is 17.7 Å². The van der Waals surface area contributed by atoms with Gasteiger partial charge in [0, 0.05) is 6.07 Å². The first-order valence-electron chi connectivity index (χ1n) is 8.20. The molecule has 1 rings (SSSR count). The second-order valence-electron chi connectivity index (χ2n) is 5.45. The van der Waals surface area contributed by atoms with Crippen molar-refractivity contribution in [3.05, 3.63) is 17.9 Å². The first-order chi connectivity index (χ1) is 10.2. The van der Waals surface area contributed by atoms with Crippen molar-refractivity contribution in [1.29, 1.82) is 0 Å². The number of carbonyl (C=O) groups is 1. The Labute approximate surface area is 127 Å². The van der Waals surface area contributed by atoms with Crippen LogP contribution in [0.2, 0.25) is 0 Å².